The molecular weight excluding hydrogens is 384 g/mol. The van der Waals surface area contributed by atoms with Crippen LogP contribution in [0, 0.1) is 13.8 Å². The molecule has 2 aromatic rings. The molecule has 146 valence electrons. The summed E-state index contributed by atoms with van der Waals surface area (Å²) >= 11 is 6.13. The summed E-state index contributed by atoms with van der Waals surface area (Å²) in [5.41, 5.74) is 3.67. The van der Waals surface area contributed by atoms with Gasteiger partial charge in [0.1, 0.15) is 6.54 Å². The van der Waals surface area contributed by atoms with E-state index < -0.39 is 15.9 Å². The number of carbonyl (C=O) groups excluding carboxylic acids is 1. The minimum absolute atomic E-state index is 0.224. The van der Waals surface area contributed by atoms with Gasteiger partial charge in [-0.1, -0.05) is 49.7 Å². The van der Waals surface area contributed by atoms with Crippen molar-refractivity contribution < 1.29 is 13.2 Å². The molecule has 0 saturated heterocycles. The number of hydrogen-bond acceptors (Lipinski definition) is 3. The van der Waals surface area contributed by atoms with E-state index in [1.54, 1.807) is 25.1 Å². The molecule has 0 aliphatic heterocycles. The molecule has 2 aromatic carbocycles. The normalized spacial score (nSPS) is 11.5. The summed E-state index contributed by atoms with van der Waals surface area (Å²) in [4.78, 5) is 12.7. The van der Waals surface area contributed by atoms with Crippen molar-refractivity contribution in [1.82, 2.24) is 0 Å². The fourth-order valence-corrected chi connectivity index (χ4v) is 3.98. The fraction of sp³-hybridized carbons (Fsp3) is 0.350. The minimum atomic E-state index is -3.67. The molecular formula is C20H25ClN2O3S. The summed E-state index contributed by atoms with van der Waals surface area (Å²) in [6.07, 6.45) is 1.08. The number of hydrogen-bond donors (Lipinski definition) is 1. The van der Waals surface area contributed by atoms with E-state index >= 15 is 0 Å². The van der Waals surface area contributed by atoms with Gasteiger partial charge in [0, 0.05) is 10.7 Å². The second-order valence-corrected chi connectivity index (χ2v) is 9.21. The van der Waals surface area contributed by atoms with E-state index in [2.05, 4.69) is 5.32 Å². The molecule has 0 aliphatic rings. The van der Waals surface area contributed by atoms with Crippen molar-refractivity contribution >= 4 is 38.9 Å². The van der Waals surface area contributed by atoms with Crippen molar-refractivity contribution in [3.63, 3.8) is 0 Å². The highest BCUT2D eigenvalue weighted by molar-refractivity contribution is 7.92. The lowest BCUT2D eigenvalue weighted by atomic mass is 9.98. The van der Waals surface area contributed by atoms with Crippen LogP contribution in [0.1, 0.15) is 36.5 Å². The standard InChI is InChI=1S/C20H25ClN2O3S/c1-13(2)16-9-6-8-14(3)20(16)22-19(24)12-23(27(5,25)26)18-11-7-10-17(21)15(18)4/h6-11,13H,12H2,1-5H3,(H,22,24). The summed E-state index contributed by atoms with van der Waals surface area (Å²) in [7, 11) is -3.67. The van der Waals surface area contributed by atoms with Crippen molar-refractivity contribution in [1.29, 1.82) is 0 Å². The predicted octanol–water partition coefficient (Wildman–Crippen LogP) is 4.48. The molecule has 0 radical (unpaired) electrons. The third-order valence-corrected chi connectivity index (χ3v) is 5.92. The molecule has 1 N–H and O–H groups in total. The third-order valence-electron chi connectivity index (χ3n) is 4.39. The van der Waals surface area contributed by atoms with E-state index in [9.17, 15) is 13.2 Å². The van der Waals surface area contributed by atoms with Gasteiger partial charge in [-0.2, -0.15) is 0 Å². The van der Waals surface area contributed by atoms with Crippen LogP contribution in [0.3, 0.4) is 0 Å². The Kier molecular flexibility index (Phi) is 6.54. The van der Waals surface area contributed by atoms with Gasteiger partial charge in [-0.15, -0.1) is 0 Å². The first-order valence-corrected chi connectivity index (χ1v) is 10.9. The van der Waals surface area contributed by atoms with Crippen LogP contribution >= 0.6 is 11.6 Å². The van der Waals surface area contributed by atoms with Crippen LogP contribution in [0.15, 0.2) is 36.4 Å². The summed E-state index contributed by atoms with van der Waals surface area (Å²) in [5.74, 6) is -0.183. The number of rotatable bonds is 6. The number of halogens is 1. The zero-order valence-electron chi connectivity index (χ0n) is 16.2. The number of nitrogens with zero attached hydrogens (tertiary/aromatic N) is 1. The maximum Gasteiger partial charge on any atom is 0.245 e. The number of aryl methyl sites for hydroxylation is 1. The molecule has 0 aliphatic carbocycles. The van der Waals surface area contributed by atoms with Crippen molar-refractivity contribution in [3.8, 4) is 0 Å². The van der Waals surface area contributed by atoms with Gasteiger partial charge in [0.15, 0.2) is 0 Å². The monoisotopic (exact) mass is 408 g/mol. The van der Waals surface area contributed by atoms with Crippen LogP contribution in [-0.4, -0.2) is 27.1 Å². The van der Waals surface area contributed by atoms with Crippen molar-refractivity contribution in [2.75, 3.05) is 22.4 Å². The van der Waals surface area contributed by atoms with E-state index in [0.29, 0.717) is 16.3 Å². The number of nitrogens with one attached hydrogen (secondary N) is 1. The van der Waals surface area contributed by atoms with Gasteiger partial charge in [0.25, 0.3) is 0 Å². The van der Waals surface area contributed by atoms with Crippen LogP contribution in [0.5, 0.6) is 0 Å². The van der Waals surface area contributed by atoms with Crippen LogP contribution < -0.4 is 9.62 Å². The van der Waals surface area contributed by atoms with Gasteiger partial charge in [0.05, 0.1) is 11.9 Å². The zero-order chi connectivity index (χ0) is 20.4. The molecule has 1 amide bonds. The molecule has 0 saturated carbocycles. The van der Waals surface area contributed by atoms with E-state index in [0.717, 1.165) is 27.4 Å². The Morgan fingerprint density at radius 3 is 2.37 bits per heavy atom. The maximum atomic E-state index is 12.7. The van der Waals surface area contributed by atoms with Gasteiger partial charge < -0.3 is 5.32 Å². The predicted molar refractivity (Wildman–Crippen MR) is 112 cm³/mol. The van der Waals surface area contributed by atoms with E-state index in [1.165, 1.54) is 0 Å². The first-order chi connectivity index (χ1) is 12.5. The smallest absolute Gasteiger partial charge is 0.245 e. The highest BCUT2D eigenvalue weighted by Crippen LogP contribution is 2.29. The Labute approximate surface area is 166 Å². The number of sulfonamides is 1. The minimum Gasteiger partial charge on any atom is -0.324 e. The van der Waals surface area contributed by atoms with E-state index in [4.69, 9.17) is 11.6 Å². The van der Waals surface area contributed by atoms with Crippen molar-refractivity contribution in [2.24, 2.45) is 0 Å². The number of para-hydroxylation sites is 1. The summed E-state index contributed by atoms with van der Waals surface area (Å²) in [6.45, 7) is 7.40. The maximum absolute atomic E-state index is 12.7. The molecule has 27 heavy (non-hydrogen) atoms. The molecule has 0 heterocycles. The lowest BCUT2D eigenvalue weighted by molar-refractivity contribution is -0.114. The van der Waals surface area contributed by atoms with Crippen molar-refractivity contribution in [2.45, 2.75) is 33.6 Å². The molecule has 0 spiro atoms. The highest BCUT2D eigenvalue weighted by Gasteiger charge is 2.24. The number of anilines is 2. The van der Waals surface area contributed by atoms with E-state index in [1.807, 2.05) is 39.0 Å². The third kappa shape index (κ3) is 5.02. The molecule has 0 aromatic heterocycles. The molecule has 2 rings (SSSR count). The molecule has 0 fully saturated rings. The van der Waals surface area contributed by atoms with Gasteiger partial charge in [0.2, 0.25) is 15.9 Å². The summed E-state index contributed by atoms with van der Waals surface area (Å²) < 4.78 is 25.7. The topological polar surface area (TPSA) is 66.5 Å². The highest BCUT2D eigenvalue weighted by atomic mass is 35.5. The number of carbonyl (C=O) groups is 1. The molecule has 0 atom stereocenters. The molecule has 0 bridgehead atoms. The van der Waals surface area contributed by atoms with Gasteiger partial charge in [-0.05, 0) is 48.6 Å². The summed E-state index contributed by atoms with van der Waals surface area (Å²) in [5, 5.41) is 3.34. The second-order valence-electron chi connectivity index (χ2n) is 6.90. The molecule has 5 nitrogen and oxygen atoms in total. The SMILES string of the molecule is Cc1cccc(C(C)C)c1NC(=O)CN(c1cccc(Cl)c1C)S(C)(=O)=O. The largest absolute Gasteiger partial charge is 0.324 e. The Morgan fingerprint density at radius 1 is 1.15 bits per heavy atom. The number of benzene rings is 2. The Hall–Kier alpha value is -2.05. The van der Waals surface area contributed by atoms with Crippen LogP contribution in [0.4, 0.5) is 11.4 Å². The fourth-order valence-electron chi connectivity index (χ4n) is 2.90. The molecule has 7 heteroatoms. The first kappa shape index (κ1) is 21.3. The Balaban J connectivity index is 2.36. The average molecular weight is 409 g/mol. The lowest BCUT2D eigenvalue weighted by Gasteiger charge is -2.25. The summed E-state index contributed by atoms with van der Waals surface area (Å²) in [6, 6.07) is 10.8. The van der Waals surface area contributed by atoms with Crippen LogP contribution in [0.2, 0.25) is 5.02 Å². The first-order valence-electron chi connectivity index (χ1n) is 8.64. The zero-order valence-corrected chi connectivity index (χ0v) is 17.8. The van der Waals surface area contributed by atoms with E-state index in [-0.39, 0.29) is 12.5 Å². The van der Waals surface area contributed by atoms with Crippen LogP contribution in [-0.2, 0) is 14.8 Å². The Bertz CT molecular complexity index is 956. The van der Waals surface area contributed by atoms with Gasteiger partial charge >= 0.3 is 0 Å². The van der Waals surface area contributed by atoms with Gasteiger partial charge in [-0.3, -0.25) is 9.10 Å². The second kappa shape index (κ2) is 8.31. The molecule has 0 unspecified atom stereocenters. The quantitative estimate of drug-likeness (QED) is 0.765. The number of amides is 1. The van der Waals surface area contributed by atoms with Crippen molar-refractivity contribution in [3.05, 3.63) is 58.1 Å². The Morgan fingerprint density at radius 2 is 1.78 bits per heavy atom. The van der Waals surface area contributed by atoms with Crippen LogP contribution in [0.25, 0.3) is 0 Å². The average Bonchev–Trinajstić information content (AvgIpc) is 2.56. The lowest BCUT2D eigenvalue weighted by Crippen LogP contribution is -2.38. The van der Waals surface area contributed by atoms with Gasteiger partial charge in [-0.25, -0.2) is 8.42 Å².